The van der Waals surface area contributed by atoms with Crippen LogP contribution in [0.2, 0.25) is 0 Å². The van der Waals surface area contributed by atoms with Gasteiger partial charge in [0.25, 0.3) is 0 Å². The fraction of sp³-hybridized carbons (Fsp3) is 0.543. The van der Waals surface area contributed by atoms with E-state index in [0.717, 1.165) is 17.7 Å². The van der Waals surface area contributed by atoms with E-state index < -0.39 is 59.0 Å². The van der Waals surface area contributed by atoms with Crippen LogP contribution >= 0.6 is 0 Å². The van der Waals surface area contributed by atoms with Gasteiger partial charge in [-0.3, -0.25) is 9.59 Å². The number of alkyl halides is 3. The van der Waals surface area contributed by atoms with E-state index in [1.54, 1.807) is 41.5 Å². The van der Waals surface area contributed by atoms with E-state index >= 15 is 0 Å². The number of hydrogen-bond donors (Lipinski definition) is 4. The smallest absolute Gasteiger partial charge is 0.416 e. The molecule has 11 nitrogen and oxygen atoms in total. The molecule has 0 unspecified atom stereocenters. The zero-order valence-corrected chi connectivity index (χ0v) is 28.9. The highest BCUT2D eigenvalue weighted by Crippen LogP contribution is 2.30. The number of hydrogen-bond acceptors (Lipinski definition) is 7. The van der Waals surface area contributed by atoms with Gasteiger partial charge >= 0.3 is 18.4 Å². The number of amides is 4. The maximum atomic E-state index is 13.8. The Hall–Kier alpha value is -4.33. The highest BCUT2D eigenvalue weighted by atomic mass is 19.4. The second-order valence-electron chi connectivity index (χ2n) is 14.1. The summed E-state index contributed by atoms with van der Waals surface area (Å²) in [6, 6.07) is 11.0. The van der Waals surface area contributed by atoms with Crippen molar-refractivity contribution in [2.45, 2.75) is 103 Å². The van der Waals surface area contributed by atoms with Crippen molar-refractivity contribution in [1.82, 2.24) is 20.9 Å². The van der Waals surface area contributed by atoms with Gasteiger partial charge in [0.2, 0.25) is 11.8 Å². The van der Waals surface area contributed by atoms with Crippen LogP contribution in [0, 0.1) is 0 Å². The summed E-state index contributed by atoms with van der Waals surface area (Å²) < 4.78 is 50.7. The van der Waals surface area contributed by atoms with Crippen LogP contribution in [0.1, 0.15) is 71.9 Å². The summed E-state index contributed by atoms with van der Waals surface area (Å²) in [5.41, 5.74) is -1.60. The first-order valence-corrected chi connectivity index (χ1v) is 16.3. The van der Waals surface area contributed by atoms with E-state index in [2.05, 4.69) is 21.3 Å². The minimum atomic E-state index is -4.61. The first-order valence-electron chi connectivity index (χ1n) is 16.3. The molecule has 270 valence electrons. The average molecular weight is 692 g/mol. The Morgan fingerprint density at radius 1 is 0.816 bits per heavy atom. The molecule has 1 aliphatic heterocycles. The quantitative estimate of drug-likeness (QED) is 0.226. The van der Waals surface area contributed by atoms with Gasteiger partial charge in [-0.05, 0) is 91.0 Å². The number of alkyl carbamates (subject to hydrolysis) is 2. The summed E-state index contributed by atoms with van der Waals surface area (Å²) in [6.07, 6.45) is -4.64. The maximum absolute atomic E-state index is 13.8. The molecule has 3 atom stereocenters. The Morgan fingerprint density at radius 3 is 2.08 bits per heavy atom. The Bertz CT molecular complexity index is 1430. The predicted octanol–water partition coefficient (Wildman–Crippen LogP) is 5.64. The van der Waals surface area contributed by atoms with Gasteiger partial charge in [0.1, 0.15) is 23.3 Å². The highest BCUT2D eigenvalue weighted by molar-refractivity contribution is 5.98. The third kappa shape index (κ3) is 14.4. The predicted molar refractivity (Wildman–Crippen MR) is 179 cm³/mol. The van der Waals surface area contributed by atoms with Gasteiger partial charge in [-0.15, -0.1) is 0 Å². The molecule has 4 N–H and O–H groups in total. The van der Waals surface area contributed by atoms with Crippen LogP contribution in [0.15, 0.2) is 54.6 Å². The van der Waals surface area contributed by atoms with E-state index in [4.69, 9.17) is 9.47 Å². The molecule has 0 radical (unpaired) electrons. The summed E-state index contributed by atoms with van der Waals surface area (Å²) in [5.74, 6) is -1.37. The molecule has 2 aromatic rings. The Kier molecular flexibility index (Phi) is 13.5. The van der Waals surface area contributed by atoms with Gasteiger partial charge in [-0.1, -0.05) is 36.4 Å². The van der Waals surface area contributed by atoms with Crippen molar-refractivity contribution in [3.05, 3.63) is 65.7 Å². The summed E-state index contributed by atoms with van der Waals surface area (Å²) in [4.78, 5) is 54.3. The van der Waals surface area contributed by atoms with E-state index in [1.807, 2.05) is 35.2 Å². The van der Waals surface area contributed by atoms with Gasteiger partial charge in [-0.2, -0.15) is 13.2 Å². The molecule has 49 heavy (non-hydrogen) atoms. The lowest BCUT2D eigenvalue weighted by Crippen LogP contribution is -2.54. The molecule has 1 heterocycles. The number of carbonyl (C=O) groups excluding carboxylic acids is 4. The van der Waals surface area contributed by atoms with Crippen molar-refractivity contribution in [2.75, 3.05) is 25.0 Å². The SMILES string of the molecule is CC(C)(C)OC(=O)N[C@H]1CCN(CC[C@H](NC(=O)OC(C)(C)C)C(=O)N[C@@H](CCc2ccccc2)C(=O)Nc2cccc(C(F)(F)F)c2)C1. The lowest BCUT2D eigenvalue weighted by Gasteiger charge is -2.27. The van der Waals surface area contributed by atoms with Crippen LogP contribution in [-0.2, 0) is 31.7 Å². The largest absolute Gasteiger partial charge is 0.444 e. The Balaban J connectivity index is 1.74. The molecule has 14 heteroatoms. The molecule has 0 spiro atoms. The van der Waals surface area contributed by atoms with Crippen LogP contribution < -0.4 is 21.3 Å². The molecule has 1 saturated heterocycles. The van der Waals surface area contributed by atoms with Crippen LogP contribution in [0.4, 0.5) is 28.4 Å². The lowest BCUT2D eigenvalue weighted by molar-refractivity contribution is -0.137. The zero-order chi connectivity index (χ0) is 36.4. The molecule has 1 aliphatic rings. The molecule has 0 aromatic heterocycles. The number of likely N-dealkylation sites (tertiary alicyclic amines) is 1. The van der Waals surface area contributed by atoms with Crippen molar-refractivity contribution >= 4 is 29.7 Å². The molecule has 2 aromatic carbocycles. The first-order chi connectivity index (χ1) is 22.8. The average Bonchev–Trinajstić information content (AvgIpc) is 3.42. The summed E-state index contributed by atoms with van der Waals surface area (Å²) in [7, 11) is 0. The number of carbonyl (C=O) groups is 4. The van der Waals surface area contributed by atoms with Crippen LogP contribution in [0.25, 0.3) is 0 Å². The van der Waals surface area contributed by atoms with Crippen LogP contribution in [0.5, 0.6) is 0 Å². The molecule has 3 rings (SSSR count). The maximum Gasteiger partial charge on any atom is 0.416 e. The fourth-order valence-electron chi connectivity index (χ4n) is 5.16. The van der Waals surface area contributed by atoms with Crippen molar-refractivity contribution in [2.24, 2.45) is 0 Å². The van der Waals surface area contributed by atoms with Crippen LogP contribution in [-0.4, -0.2) is 77.9 Å². The van der Waals surface area contributed by atoms with E-state index in [-0.39, 0.29) is 24.6 Å². The van der Waals surface area contributed by atoms with Gasteiger partial charge in [0.05, 0.1) is 5.56 Å². The van der Waals surface area contributed by atoms with Gasteiger partial charge < -0.3 is 35.6 Å². The summed E-state index contributed by atoms with van der Waals surface area (Å²) in [6.45, 7) is 11.9. The lowest BCUT2D eigenvalue weighted by atomic mass is 10.0. The normalized spacial score (nSPS) is 16.6. The van der Waals surface area contributed by atoms with Crippen molar-refractivity contribution < 1.29 is 41.8 Å². The molecule has 0 aliphatic carbocycles. The summed E-state index contributed by atoms with van der Waals surface area (Å²) in [5, 5.41) is 10.7. The number of aryl methyl sites for hydroxylation is 1. The number of rotatable bonds is 12. The summed E-state index contributed by atoms with van der Waals surface area (Å²) >= 11 is 0. The van der Waals surface area contributed by atoms with Gasteiger partial charge in [0, 0.05) is 31.4 Å². The number of nitrogens with one attached hydrogen (secondary N) is 4. The Labute approximate surface area is 285 Å². The third-order valence-corrected chi connectivity index (χ3v) is 7.39. The number of halogens is 3. The van der Waals surface area contributed by atoms with Gasteiger partial charge in [-0.25, -0.2) is 9.59 Å². The fourth-order valence-corrected chi connectivity index (χ4v) is 5.16. The second kappa shape index (κ2) is 16.9. The molecule has 1 fully saturated rings. The number of ether oxygens (including phenoxy) is 2. The third-order valence-electron chi connectivity index (χ3n) is 7.39. The Morgan fingerprint density at radius 2 is 1.45 bits per heavy atom. The highest BCUT2D eigenvalue weighted by Gasteiger charge is 2.33. The van der Waals surface area contributed by atoms with Crippen LogP contribution in [0.3, 0.4) is 0 Å². The molecular formula is C35H48F3N5O6. The number of anilines is 1. The number of benzene rings is 2. The minimum absolute atomic E-state index is 0.0780. The minimum Gasteiger partial charge on any atom is -0.444 e. The van der Waals surface area contributed by atoms with E-state index in [0.29, 0.717) is 32.5 Å². The second-order valence-corrected chi connectivity index (χ2v) is 14.1. The topological polar surface area (TPSA) is 138 Å². The molecular weight excluding hydrogens is 643 g/mol. The van der Waals surface area contributed by atoms with Gasteiger partial charge in [0.15, 0.2) is 0 Å². The molecule has 0 saturated carbocycles. The van der Waals surface area contributed by atoms with Crippen molar-refractivity contribution in [3.63, 3.8) is 0 Å². The van der Waals surface area contributed by atoms with Crippen molar-refractivity contribution in [1.29, 1.82) is 0 Å². The number of nitrogens with zero attached hydrogens (tertiary/aromatic N) is 1. The van der Waals surface area contributed by atoms with E-state index in [1.165, 1.54) is 12.1 Å². The molecule has 0 bridgehead atoms. The standard InChI is InChI=1S/C35H48F3N5O6/c1-33(2,3)48-31(46)40-26-17-19-43(22-26)20-18-28(42-32(47)49-34(4,5)6)30(45)41-27(16-15-23-11-8-7-9-12-23)29(44)39-25-14-10-13-24(21-25)35(36,37)38/h7-14,21,26-28H,15-20,22H2,1-6H3,(H,39,44)(H,40,46)(H,41,45)(H,42,47)/t26-,27-,28-/m0/s1. The molecule has 4 amide bonds. The van der Waals surface area contributed by atoms with E-state index in [9.17, 15) is 32.3 Å². The first kappa shape index (κ1) is 39.1. The monoisotopic (exact) mass is 691 g/mol. The zero-order valence-electron chi connectivity index (χ0n) is 28.9. The van der Waals surface area contributed by atoms with Crippen molar-refractivity contribution in [3.8, 4) is 0 Å².